The highest BCUT2D eigenvalue weighted by Gasteiger charge is 2.03. The van der Waals surface area contributed by atoms with Crippen LogP contribution in [0.5, 0.6) is 0 Å². The Morgan fingerprint density at radius 1 is 1.41 bits per heavy atom. The fourth-order valence-electron chi connectivity index (χ4n) is 1.43. The van der Waals surface area contributed by atoms with Crippen molar-refractivity contribution in [3.05, 3.63) is 24.2 Å². The van der Waals surface area contributed by atoms with Crippen molar-refractivity contribution in [2.75, 3.05) is 6.54 Å². The van der Waals surface area contributed by atoms with Gasteiger partial charge in [-0.2, -0.15) is 0 Å². The Hall–Kier alpha value is -1.36. The highest BCUT2D eigenvalue weighted by Crippen LogP contribution is 2.03. The van der Waals surface area contributed by atoms with E-state index in [0.717, 1.165) is 25.0 Å². The molecule has 0 atom stereocenters. The zero-order chi connectivity index (χ0) is 12.5. The van der Waals surface area contributed by atoms with E-state index in [4.69, 9.17) is 22.4 Å². The summed E-state index contributed by atoms with van der Waals surface area (Å²) in [5.74, 6) is 0.894. The highest BCUT2D eigenvalue weighted by atomic mass is 32.1. The molecule has 0 radical (unpaired) electrons. The Morgan fingerprint density at radius 2 is 2.24 bits per heavy atom. The van der Waals surface area contributed by atoms with E-state index in [2.05, 4.69) is 5.32 Å². The van der Waals surface area contributed by atoms with Crippen molar-refractivity contribution >= 4 is 23.1 Å². The van der Waals surface area contributed by atoms with Crippen molar-refractivity contribution in [1.82, 2.24) is 5.32 Å². The summed E-state index contributed by atoms with van der Waals surface area (Å²) in [5, 5.41) is 2.85. The molecule has 0 saturated heterocycles. The second-order valence-electron chi connectivity index (χ2n) is 3.85. The first-order valence-electron chi connectivity index (χ1n) is 5.76. The van der Waals surface area contributed by atoms with Gasteiger partial charge in [-0.15, -0.1) is 0 Å². The van der Waals surface area contributed by atoms with Gasteiger partial charge in [-0.1, -0.05) is 12.2 Å². The Morgan fingerprint density at radius 3 is 2.88 bits per heavy atom. The predicted molar refractivity (Wildman–Crippen MR) is 70.7 cm³/mol. The fraction of sp³-hybridized carbons (Fsp3) is 0.500. The maximum Gasteiger partial charge on any atom is 0.220 e. The first kappa shape index (κ1) is 13.7. The van der Waals surface area contributed by atoms with E-state index < -0.39 is 0 Å². The zero-order valence-electron chi connectivity index (χ0n) is 9.78. The van der Waals surface area contributed by atoms with E-state index in [9.17, 15) is 4.79 Å². The number of amides is 1. The molecule has 1 aromatic heterocycles. The van der Waals surface area contributed by atoms with Crippen molar-refractivity contribution in [2.24, 2.45) is 5.73 Å². The van der Waals surface area contributed by atoms with Gasteiger partial charge in [0.25, 0.3) is 0 Å². The summed E-state index contributed by atoms with van der Waals surface area (Å²) in [6.45, 7) is 0.680. The minimum atomic E-state index is 0.0525. The summed E-state index contributed by atoms with van der Waals surface area (Å²) in [5.41, 5.74) is 5.37. The number of unbranched alkanes of at least 4 members (excludes halogenated alkanes) is 1. The first-order chi connectivity index (χ1) is 8.18. The second kappa shape index (κ2) is 7.84. The smallest absolute Gasteiger partial charge is 0.220 e. The van der Waals surface area contributed by atoms with Crippen molar-refractivity contribution < 1.29 is 9.21 Å². The average Bonchev–Trinajstić information content (AvgIpc) is 2.78. The Bertz CT molecular complexity index is 349. The molecular formula is C12H18N2O2S. The van der Waals surface area contributed by atoms with Crippen molar-refractivity contribution in [2.45, 2.75) is 32.1 Å². The lowest BCUT2D eigenvalue weighted by Crippen LogP contribution is -2.24. The number of hydrogen-bond acceptors (Lipinski definition) is 3. The first-order valence-corrected chi connectivity index (χ1v) is 6.16. The van der Waals surface area contributed by atoms with Gasteiger partial charge >= 0.3 is 0 Å². The number of hydrogen-bond donors (Lipinski definition) is 2. The van der Waals surface area contributed by atoms with E-state index in [1.165, 1.54) is 0 Å². The van der Waals surface area contributed by atoms with Crippen LogP contribution in [0.2, 0.25) is 0 Å². The normalized spacial score (nSPS) is 10.1. The maximum absolute atomic E-state index is 11.4. The minimum Gasteiger partial charge on any atom is -0.469 e. The van der Waals surface area contributed by atoms with Crippen LogP contribution in [0.3, 0.4) is 0 Å². The number of rotatable bonds is 8. The van der Waals surface area contributed by atoms with E-state index in [0.29, 0.717) is 24.4 Å². The van der Waals surface area contributed by atoms with E-state index in [1.54, 1.807) is 6.26 Å². The quantitative estimate of drug-likeness (QED) is 0.548. The average molecular weight is 254 g/mol. The van der Waals surface area contributed by atoms with Crippen molar-refractivity contribution in [3.63, 3.8) is 0 Å². The van der Waals surface area contributed by atoms with Crippen LogP contribution in [0.1, 0.15) is 31.4 Å². The number of carbonyl (C=O) groups excluding carboxylic acids is 1. The van der Waals surface area contributed by atoms with Gasteiger partial charge in [0.1, 0.15) is 5.76 Å². The van der Waals surface area contributed by atoms with Gasteiger partial charge in [0.15, 0.2) is 0 Å². The standard InChI is InChI=1S/C12H18N2O2S/c13-11(17)5-1-2-8-14-12(15)7-6-10-4-3-9-16-10/h3-4,9H,1-2,5-8H2,(H2,13,17)(H,14,15). The lowest BCUT2D eigenvalue weighted by atomic mass is 10.2. The highest BCUT2D eigenvalue weighted by molar-refractivity contribution is 7.80. The molecule has 0 aliphatic carbocycles. The van der Waals surface area contributed by atoms with Crippen molar-refractivity contribution in [3.8, 4) is 0 Å². The molecule has 1 heterocycles. The lowest BCUT2D eigenvalue weighted by Gasteiger charge is -2.04. The molecule has 3 N–H and O–H groups in total. The monoisotopic (exact) mass is 254 g/mol. The summed E-state index contributed by atoms with van der Waals surface area (Å²) in [6.07, 6.45) is 5.30. The molecule has 1 amide bonds. The van der Waals surface area contributed by atoms with Gasteiger partial charge in [-0.05, 0) is 31.4 Å². The Kier molecular flexibility index (Phi) is 6.32. The van der Waals surface area contributed by atoms with Gasteiger partial charge in [0.05, 0.1) is 11.3 Å². The molecule has 0 aliphatic rings. The van der Waals surface area contributed by atoms with Crippen LogP contribution >= 0.6 is 12.2 Å². The summed E-state index contributed by atoms with van der Waals surface area (Å²) in [7, 11) is 0. The van der Waals surface area contributed by atoms with Crippen LogP contribution in [0.25, 0.3) is 0 Å². The second-order valence-corrected chi connectivity index (χ2v) is 4.38. The van der Waals surface area contributed by atoms with Gasteiger partial charge in [-0.25, -0.2) is 0 Å². The topological polar surface area (TPSA) is 68.3 Å². The van der Waals surface area contributed by atoms with Crippen LogP contribution in [-0.2, 0) is 11.2 Å². The van der Waals surface area contributed by atoms with E-state index in [-0.39, 0.29) is 5.91 Å². The molecule has 0 aromatic carbocycles. The number of furan rings is 1. The zero-order valence-corrected chi connectivity index (χ0v) is 10.6. The number of nitrogens with one attached hydrogen (secondary N) is 1. The maximum atomic E-state index is 11.4. The Labute approximate surface area is 107 Å². The molecule has 94 valence electrons. The largest absolute Gasteiger partial charge is 0.469 e. The lowest BCUT2D eigenvalue weighted by molar-refractivity contribution is -0.121. The van der Waals surface area contributed by atoms with Gasteiger partial charge in [0, 0.05) is 19.4 Å². The molecule has 1 rings (SSSR count). The Balaban J connectivity index is 2.00. The van der Waals surface area contributed by atoms with Crippen LogP contribution in [-0.4, -0.2) is 17.4 Å². The third kappa shape index (κ3) is 6.73. The van der Waals surface area contributed by atoms with Gasteiger partial charge in [-0.3, -0.25) is 4.79 Å². The molecule has 0 bridgehead atoms. The minimum absolute atomic E-state index is 0.0525. The molecule has 0 fully saturated rings. The molecule has 5 heteroatoms. The molecule has 0 spiro atoms. The summed E-state index contributed by atoms with van der Waals surface area (Å²) >= 11 is 4.76. The van der Waals surface area contributed by atoms with E-state index in [1.807, 2.05) is 12.1 Å². The predicted octanol–water partition coefficient (Wildman–Crippen LogP) is 1.78. The van der Waals surface area contributed by atoms with Crippen LogP contribution in [0.4, 0.5) is 0 Å². The van der Waals surface area contributed by atoms with Crippen LogP contribution < -0.4 is 11.1 Å². The molecule has 1 aromatic rings. The van der Waals surface area contributed by atoms with E-state index >= 15 is 0 Å². The molecule has 4 nitrogen and oxygen atoms in total. The summed E-state index contributed by atoms with van der Waals surface area (Å²) in [4.78, 5) is 12.0. The summed E-state index contributed by atoms with van der Waals surface area (Å²) < 4.78 is 5.15. The molecule has 0 unspecified atom stereocenters. The number of nitrogens with two attached hydrogens (primary N) is 1. The number of aryl methyl sites for hydroxylation is 1. The van der Waals surface area contributed by atoms with Gasteiger partial charge in [0.2, 0.25) is 5.91 Å². The molecule has 0 aliphatic heterocycles. The SMILES string of the molecule is NC(=S)CCCCNC(=O)CCc1ccco1. The van der Waals surface area contributed by atoms with Gasteiger partial charge < -0.3 is 15.5 Å². The van der Waals surface area contributed by atoms with Crippen molar-refractivity contribution in [1.29, 1.82) is 0 Å². The molecule has 17 heavy (non-hydrogen) atoms. The molecular weight excluding hydrogens is 236 g/mol. The number of thiocarbonyl (C=S) groups is 1. The van der Waals surface area contributed by atoms with Crippen LogP contribution in [0, 0.1) is 0 Å². The fourth-order valence-corrected chi connectivity index (χ4v) is 1.58. The third-order valence-corrected chi connectivity index (χ3v) is 2.55. The third-order valence-electron chi connectivity index (χ3n) is 2.35. The summed E-state index contributed by atoms with van der Waals surface area (Å²) in [6, 6.07) is 3.69. The van der Waals surface area contributed by atoms with Crippen LogP contribution in [0.15, 0.2) is 22.8 Å². The number of carbonyl (C=O) groups is 1. The molecule has 0 saturated carbocycles.